The summed E-state index contributed by atoms with van der Waals surface area (Å²) in [6, 6.07) is 8.00. The number of hydrogen-bond acceptors (Lipinski definition) is 3. The molecule has 1 aromatic carbocycles. The summed E-state index contributed by atoms with van der Waals surface area (Å²) >= 11 is 0. The molecule has 1 amide bonds. The number of nitrogens with one attached hydrogen (secondary N) is 1. The molecule has 4 heteroatoms. The Hall–Kier alpha value is -1.39. The largest absolute Gasteiger partial charge is 0.379 e. The van der Waals surface area contributed by atoms with Gasteiger partial charge in [0.25, 0.3) is 0 Å². The molecule has 2 rings (SSSR count). The van der Waals surface area contributed by atoms with E-state index >= 15 is 0 Å². The van der Waals surface area contributed by atoms with E-state index in [4.69, 9.17) is 10.5 Å². The van der Waals surface area contributed by atoms with Crippen LogP contribution in [0.5, 0.6) is 0 Å². The number of carbonyl (C=O) groups excluding carboxylic acids is 1. The van der Waals surface area contributed by atoms with Crippen LogP contribution < -0.4 is 11.1 Å². The molecule has 0 bridgehead atoms. The van der Waals surface area contributed by atoms with Crippen molar-refractivity contribution in [2.45, 2.75) is 26.3 Å². The summed E-state index contributed by atoms with van der Waals surface area (Å²) in [6.45, 7) is 5.45. The fourth-order valence-electron chi connectivity index (χ4n) is 2.33. The molecular weight excluding hydrogens is 240 g/mol. The maximum absolute atomic E-state index is 12.2. The van der Waals surface area contributed by atoms with Gasteiger partial charge in [0.05, 0.1) is 18.6 Å². The molecule has 1 heterocycles. The molecule has 19 heavy (non-hydrogen) atoms. The van der Waals surface area contributed by atoms with Gasteiger partial charge in [0.2, 0.25) is 5.91 Å². The fraction of sp³-hybridized carbons (Fsp3) is 0.533. The highest BCUT2D eigenvalue weighted by Crippen LogP contribution is 2.27. The molecule has 4 nitrogen and oxygen atoms in total. The number of ether oxygens (including phenoxy) is 1. The average molecular weight is 262 g/mol. The monoisotopic (exact) mass is 262 g/mol. The number of carbonyl (C=O) groups is 1. The van der Waals surface area contributed by atoms with Crippen molar-refractivity contribution in [1.82, 2.24) is 5.32 Å². The topological polar surface area (TPSA) is 64.3 Å². The molecule has 0 radical (unpaired) electrons. The van der Waals surface area contributed by atoms with Gasteiger partial charge in [0, 0.05) is 12.6 Å². The lowest BCUT2D eigenvalue weighted by Gasteiger charge is -2.25. The molecule has 2 unspecified atom stereocenters. The molecule has 1 fully saturated rings. The van der Waals surface area contributed by atoms with E-state index in [1.807, 2.05) is 19.1 Å². The van der Waals surface area contributed by atoms with Crippen LogP contribution in [0, 0.1) is 12.3 Å². The van der Waals surface area contributed by atoms with Gasteiger partial charge in [0.1, 0.15) is 0 Å². The summed E-state index contributed by atoms with van der Waals surface area (Å²) in [6.07, 6.45) is 0.838. The highest BCUT2D eigenvalue weighted by Gasteiger charge is 2.44. The first-order valence-corrected chi connectivity index (χ1v) is 6.70. The summed E-state index contributed by atoms with van der Waals surface area (Å²) in [5, 5.41) is 2.97. The van der Waals surface area contributed by atoms with Crippen LogP contribution in [0.4, 0.5) is 0 Å². The zero-order valence-electron chi connectivity index (χ0n) is 11.6. The first kappa shape index (κ1) is 14.0. The van der Waals surface area contributed by atoms with E-state index in [1.165, 1.54) is 11.1 Å². The predicted octanol–water partition coefficient (Wildman–Crippen LogP) is 1.02. The Morgan fingerprint density at radius 2 is 2.26 bits per heavy atom. The molecule has 1 aliphatic rings. The Morgan fingerprint density at radius 1 is 1.53 bits per heavy atom. The minimum Gasteiger partial charge on any atom is -0.379 e. The number of amides is 1. The normalized spacial score (nSPS) is 26.4. The molecular formula is C15H22N2O2. The second-order valence-electron chi connectivity index (χ2n) is 5.47. The maximum atomic E-state index is 12.2. The minimum atomic E-state index is -0.592. The third kappa shape index (κ3) is 2.96. The Balaban J connectivity index is 1.86. The van der Waals surface area contributed by atoms with E-state index < -0.39 is 5.41 Å². The summed E-state index contributed by atoms with van der Waals surface area (Å²) < 4.78 is 5.29. The Bertz CT molecular complexity index is 461. The van der Waals surface area contributed by atoms with E-state index in [0.717, 1.165) is 6.42 Å². The van der Waals surface area contributed by atoms with Gasteiger partial charge in [-0.3, -0.25) is 4.79 Å². The Kier molecular flexibility index (Phi) is 4.22. The van der Waals surface area contributed by atoms with Gasteiger partial charge in [-0.1, -0.05) is 24.3 Å². The number of rotatable bonds is 4. The maximum Gasteiger partial charge on any atom is 0.229 e. The van der Waals surface area contributed by atoms with Gasteiger partial charge >= 0.3 is 0 Å². The lowest BCUT2D eigenvalue weighted by molar-refractivity contribution is -0.130. The highest BCUT2D eigenvalue weighted by molar-refractivity contribution is 5.83. The lowest BCUT2D eigenvalue weighted by atomic mass is 9.85. The van der Waals surface area contributed by atoms with Crippen molar-refractivity contribution in [3.63, 3.8) is 0 Å². The molecule has 0 aromatic heterocycles. The molecule has 2 atom stereocenters. The smallest absolute Gasteiger partial charge is 0.229 e. The van der Waals surface area contributed by atoms with Gasteiger partial charge in [-0.2, -0.15) is 0 Å². The average Bonchev–Trinajstić information content (AvgIpc) is 2.73. The van der Waals surface area contributed by atoms with Crippen LogP contribution in [-0.4, -0.2) is 31.7 Å². The standard InChI is InChI=1S/C15H22N2O2/c1-11-5-3-4-6-12(11)7-8-17-14(18)15(2)10-19-9-13(15)16/h3-6,13H,7-10,16H2,1-2H3,(H,17,18). The molecule has 3 N–H and O–H groups in total. The second kappa shape index (κ2) is 5.72. The summed E-state index contributed by atoms with van der Waals surface area (Å²) in [7, 11) is 0. The van der Waals surface area contributed by atoms with Crippen LogP contribution in [-0.2, 0) is 16.0 Å². The molecule has 0 saturated carbocycles. The van der Waals surface area contributed by atoms with Crippen molar-refractivity contribution in [3.8, 4) is 0 Å². The van der Waals surface area contributed by atoms with Gasteiger partial charge in [0.15, 0.2) is 0 Å². The fourth-order valence-corrected chi connectivity index (χ4v) is 2.33. The summed E-state index contributed by atoms with van der Waals surface area (Å²) in [4.78, 5) is 12.2. The number of benzene rings is 1. The first-order chi connectivity index (χ1) is 9.04. The molecule has 1 aliphatic heterocycles. The van der Waals surface area contributed by atoms with Crippen LogP contribution in [0.3, 0.4) is 0 Å². The van der Waals surface area contributed by atoms with Crippen molar-refractivity contribution < 1.29 is 9.53 Å². The molecule has 0 aliphatic carbocycles. The predicted molar refractivity (Wildman–Crippen MR) is 74.8 cm³/mol. The third-order valence-corrected chi connectivity index (χ3v) is 3.98. The first-order valence-electron chi connectivity index (χ1n) is 6.70. The Labute approximate surface area is 114 Å². The van der Waals surface area contributed by atoms with E-state index in [1.54, 1.807) is 0 Å². The van der Waals surface area contributed by atoms with Crippen LogP contribution >= 0.6 is 0 Å². The van der Waals surface area contributed by atoms with E-state index in [0.29, 0.717) is 19.8 Å². The molecule has 1 saturated heterocycles. The van der Waals surface area contributed by atoms with Crippen LogP contribution in [0.2, 0.25) is 0 Å². The van der Waals surface area contributed by atoms with Gasteiger partial charge < -0.3 is 15.8 Å². The second-order valence-corrected chi connectivity index (χ2v) is 5.47. The van der Waals surface area contributed by atoms with E-state index in [-0.39, 0.29) is 11.9 Å². The zero-order valence-corrected chi connectivity index (χ0v) is 11.6. The number of hydrogen-bond donors (Lipinski definition) is 2. The van der Waals surface area contributed by atoms with E-state index in [2.05, 4.69) is 24.4 Å². The summed E-state index contributed by atoms with van der Waals surface area (Å²) in [5.74, 6) is -0.00826. The number of nitrogens with two attached hydrogens (primary N) is 1. The van der Waals surface area contributed by atoms with Crippen molar-refractivity contribution in [2.75, 3.05) is 19.8 Å². The van der Waals surface area contributed by atoms with Crippen LogP contribution in [0.25, 0.3) is 0 Å². The highest BCUT2D eigenvalue weighted by atomic mass is 16.5. The zero-order chi connectivity index (χ0) is 13.9. The lowest BCUT2D eigenvalue weighted by Crippen LogP contribution is -2.50. The Morgan fingerprint density at radius 3 is 2.89 bits per heavy atom. The summed E-state index contributed by atoms with van der Waals surface area (Å²) in [5.41, 5.74) is 7.86. The van der Waals surface area contributed by atoms with Gasteiger partial charge in [-0.05, 0) is 31.4 Å². The van der Waals surface area contributed by atoms with Crippen molar-refractivity contribution >= 4 is 5.91 Å². The minimum absolute atomic E-state index is 0.00826. The molecule has 0 spiro atoms. The molecule has 1 aromatic rings. The van der Waals surface area contributed by atoms with E-state index in [9.17, 15) is 4.79 Å². The third-order valence-electron chi connectivity index (χ3n) is 3.98. The van der Waals surface area contributed by atoms with Crippen molar-refractivity contribution in [2.24, 2.45) is 11.1 Å². The van der Waals surface area contributed by atoms with Crippen molar-refractivity contribution in [1.29, 1.82) is 0 Å². The molecule has 104 valence electrons. The quantitative estimate of drug-likeness (QED) is 0.851. The van der Waals surface area contributed by atoms with Gasteiger partial charge in [-0.15, -0.1) is 0 Å². The van der Waals surface area contributed by atoms with Crippen molar-refractivity contribution in [3.05, 3.63) is 35.4 Å². The SMILES string of the molecule is Cc1ccccc1CCNC(=O)C1(C)COCC1N. The van der Waals surface area contributed by atoms with Crippen LogP contribution in [0.15, 0.2) is 24.3 Å². The number of aryl methyl sites for hydroxylation is 1. The van der Waals surface area contributed by atoms with Gasteiger partial charge in [-0.25, -0.2) is 0 Å². The van der Waals surface area contributed by atoms with Crippen LogP contribution in [0.1, 0.15) is 18.1 Å².